The van der Waals surface area contributed by atoms with Crippen LogP contribution in [0.4, 0.5) is 13.2 Å². The van der Waals surface area contributed by atoms with E-state index in [1.807, 2.05) is 0 Å². The molecule has 0 radical (unpaired) electrons. The Hall–Kier alpha value is -2.25. The van der Waals surface area contributed by atoms with Gasteiger partial charge in [0.25, 0.3) is 0 Å². The van der Waals surface area contributed by atoms with Crippen molar-refractivity contribution in [2.75, 3.05) is 13.7 Å². The summed E-state index contributed by atoms with van der Waals surface area (Å²) in [6, 6.07) is 4.61. The number of nitrogens with zero attached hydrogens (tertiary/aromatic N) is 1. The zero-order chi connectivity index (χ0) is 16.2. The maximum Gasteiger partial charge on any atom is 0.471 e. The van der Waals surface area contributed by atoms with Gasteiger partial charge in [0.1, 0.15) is 12.4 Å². The summed E-state index contributed by atoms with van der Waals surface area (Å²) < 4.78 is 42.0. The Bertz CT molecular complexity index is 513. The van der Waals surface area contributed by atoms with Crippen LogP contribution in [0, 0.1) is 0 Å². The predicted molar refractivity (Wildman–Crippen MR) is 67.2 cm³/mol. The molecule has 0 saturated carbocycles. The Morgan fingerprint density at radius 1 is 1.29 bits per heavy atom. The summed E-state index contributed by atoms with van der Waals surface area (Å²) >= 11 is 0. The fourth-order valence-electron chi connectivity index (χ4n) is 1.42. The Kier molecular flexibility index (Phi) is 5.17. The summed E-state index contributed by atoms with van der Waals surface area (Å²) in [5.74, 6) is -2.73. The first-order valence-corrected chi connectivity index (χ1v) is 5.93. The first-order valence-electron chi connectivity index (χ1n) is 5.93. The van der Waals surface area contributed by atoms with Gasteiger partial charge in [-0.3, -0.25) is 4.79 Å². The third kappa shape index (κ3) is 4.66. The number of aromatic carboxylic acids is 1. The average Bonchev–Trinajstić information content (AvgIpc) is 2.42. The minimum atomic E-state index is -4.92. The van der Waals surface area contributed by atoms with Crippen LogP contribution in [0.2, 0.25) is 0 Å². The van der Waals surface area contributed by atoms with Crippen molar-refractivity contribution in [3.05, 3.63) is 29.8 Å². The minimum Gasteiger partial charge on any atom is -0.491 e. The summed E-state index contributed by atoms with van der Waals surface area (Å²) in [4.78, 5) is 22.2. The summed E-state index contributed by atoms with van der Waals surface area (Å²) in [7, 11) is 1.04. The molecule has 0 saturated heterocycles. The molecule has 0 aliphatic rings. The SMILES string of the molecule is CC(COc1ccc(C(=O)O)cc1)N(C)C(=O)C(F)(F)F. The van der Waals surface area contributed by atoms with Crippen molar-refractivity contribution in [2.45, 2.75) is 19.1 Å². The zero-order valence-electron chi connectivity index (χ0n) is 11.3. The van der Waals surface area contributed by atoms with Crippen LogP contribution in [0.15, 0.2) is 24.3 Å². The first kappa shape index (κ1) is 16.8. The molecule has 1 amide bonds. The van der Waals surface area contributed by atoms with Gasteiger partial charge in [-0.15, -0.1) is 0 Å². The Morgan fingerprint density at radius 3 is 2.24 bits per heavy atom. The van der Waals surface area contributed by atoms with E-state index in [-0.39, 0.29) is 12.2 Å². The highest BCUT2D eigenvalue weighted by Gasteiger charge is 2.42. The summed E-state index contributed by atoms with van der Waals surface area (Å²) in [5, 5.41) is 8.71. The number of carbonyl (C=O) groups is 2. The number of alkyl halides is 3. The lowest BCUT2D eigenvalue weighted by Crippen LogP contribution is -2.45. The van der Waals surface area contributed by atoms with E-state index in [2.05, 4.69) is 0 Å². The van der Waals surface area contributed by atoms with Crippen LogP contribution < -0.4 is 4.74 Å². The van der Waals surface area contributed by atoms with Gasteiger partial charge in [0.15, 0.2) is 0 Å². The molecule has 5 nitrogen and oxygen atoms in total. The highest BCUT2D eigenvalue weighted by atomic mass is 19.4. The average molecular weight is 305 g/mol. The van der Waals surface area contributed by atoms with Gasteiger partial charge in [0.2, 0.25) is 0 Å². The summed E-state index contributed by atoms with van der Waals surface area (Å²) in [6.07, 6.45) is -4.92. The fourth-order valence-corrected chi connectivity index (χ4v) is 1.42. The normalized spacial score (nSPS) is 12.6. The number of carboxylic acids is 1. The van der Waals surface area contributed by atoms with Gasteiger partial charge in [0.05, 0.1) is 11.6 Å². The Labute approximate surface area is 118 Å². The molecule has 1 atom stereocenters. The van der Waals surface area contributed by atoms with E-state index in [0.717, 1.165) is 7.05 Å². The van der Waals surface area contributed by atoms with Gasteiger partial charge in [-0.1, -0.05) is 0 Å². The van der Waals surface area contributed by atoms with Gasteiger partial charge in [-0.05, 0) is 31.2 Å². The van der Waals surface area contributed by atoms with Gasteiger partial charge < -0.3 is 14.7 Å². The summed E-state index contributed by atoms with van der Waals surface area (Å²) in [5.41, 5.74) is 0.0692. The van der Waals surface area contributed by atoms with E-state index >= 15 is 0 Å². The lowest BCUT2D eigenvalue weighted by Gasteiger charge is -2.25. The molecule has 8 heteroatoms. The van der Waals surface area contributed by atoms with Crippen molar-refractivity contribution in [3.8, 4) is 5.75 Å². The van der Waals surface area contributed by atoms with Crippen LogP contribution in [0.1, 0.15) is 17.3 Å². The van der Waals surface area contributed by atoms with E-state index < -0.39 is 24.1 Å². The standard InChI is InChI=1S/C13H14F3NO4/c1-8(17(2)12(20)13(14,15)16)7-21-10-5-3-9(4-6-10)11(18)19/h3-6,8H,7H2,1-2H3,(H,18,19). The molecule has 0 heterocycles. The van der Waals surface area contributed by atoms with Crippen molar-refractivity contribution in [3.63, 3.8) is 0 Å². The highest BCUT2D eigenvalue weighted by Crippen LogP contribution is 2.19. The number of amides is 1. The van der Waals surface area contributed by atoms with Gasteiger partial charge in [-0.25, -0.2) is 4.79 Å². The van der Waals surface area contributed by atoms with Crippen molar-refractivity contribution >= 4 is 11.9 Å². The van der Waals surface area contributed by atoms with Gasteiger partial charge in [0, 0.05) is 7.05 Å². The van der Waals surface area contributed by atoms with E-state index in [9.17, 15) is 22.8 Å². The van der Waals surface area contributed by atoms with Crippen LogP contribution >= 0.6 is 0 Å². The number of hydrogen-bond acceptors (Lipinski definition) is 3. The molecule has 1 N–H and O–H groups in total. The van der Waals surface area contributed by atoms with E-state index in [0.29, 0.717) is 10.6 Å². The number of ether oxygens (including phenoxy) is 1. The topological polar surface area (TPSA) is 66.8 Å². The molecule has 0 aromatic heterocycles. The zero-order valence-corrected chi connectivity index (χ0v) is 11.3. The van der Waals surface area contributed by atoms with E-state index in [1.54, 1.807) is 0 Å². The fraction of sp³-hybridized carbons (Fsp3) is 0.385. The van der Waals surface area contributed by atoms with Crippen LogP contribution in [-0.4, -0.2) is 47.8 Å². The minimum absolute atomic E-state index is 0.0692. The van der Waals surface area contributed by atoms with Crippen LogP contribution in [0.25, 0.3) is 0 Å². The second kappa shape index (κ2) is 6.47. The predicted octanol–water partition coefficient (Wildman–Crippen LogP) is 2.17. The van der Waals surface area contributed by atoms with Crippen molar-refractivity contribution < 1.29 is 32.6 Å². The van der Waals surface area contributed by atoms with Crippen molar-refractivity contribution in [1.82, 2.24) is 4.90 Å². The number of likely N-dealkylation sites (N-methyl/N-ethyl adjacent to an activating group) is 1. The maximum atomic E-state index is 12.3. The molecule has 21 heavy (non-hydrogen) atoms. The largest absolute Gasteiger partial charge is 0.491 e. The maximum absolute atomic E-state index is 12.3. The molecule has 1 rings (SSSR count). The molecule has 0 fully saturated rings. The monoisotopic (exact) mass is 305 g/mol. The molecular weight excluding hydrogens is 291 g/mol. The van der Waals surface area contributed by atoms with E-state index in [4.69, 9.17) is 9.84 Å². The van der Waals surface area contributed by atoms with Gasteiger partial charge in [-0.2, -0.15) is 13.2 Å². The van der Waals surface area contributed by atoms with Crippen LogP contribution in [0.5, 0.6) is 5.75 Å². The lowest BCUT2D eigenvalue weighted by molar-refractivity contribution is -0.186. The molecule has 1 aromatic rings. The number of hydrogen-bond donors (Lipinski definition) is 1. The third-order valence-electron chi connectivity index (χ3n) is 2.82. The first-order chi connectivity index (χ1) is 9.62. The Balaban J connectivity index is 2.58. The number of carbonyl (C=O) groups excluding carboxylic acids is 1. The van der Waals surface area contributed by atoms with Crippen LogP contribution in [-0.2, 0) is 4.79 Å². The number of halogens is 3. The van der Waals surface area contributed by atoms with Crippen molar-refractivity contribution in [1.29, 1.82) is 0 Å². The van der Waals surface area contributed by atoms with Crippen LogP contribution in [0.3, 0.4) is 0 Å². The molecule has 0 aliphatic heterocycles. The molecule has 0 aliphatic carbocycles. The second-order valence-electron chi connectivity index (χ2n) is 4.40. The molecular formula is C13H14F3NO4. The summed E-state index contributed by atoms with van der Waals surface area (Å²) in [6.45, 7) is 1.26. The smallest absolute Gasteiger partial charge is 0.471 e. The second-order valence-corrected chi connectivity index (χ2v) is 4.40. The quantitative estimate of drug-likeness (QED) is 0.905. The number of rotatable bonds is 5. The lowest BCUT2D eigenvalue weighted by atomic mass is 10.2. The number of carboxylic acid groups (broad SMARTS) is 1. The van der Waals surface area contributed by atoms with E-state index in [1.165, 1.54) is 31.2 Å². The molecule has 0 bridgehead atoms. The third-order valence-corrected chi connectivity index (χ3v) is 2.82. The molecule has 1 unspecified atom stereocenters. The molecule has 1 aromatic carbocycles. The molecule has 116 valence electrons. The highest BCUT2D eigenvalue weighted by molar-refractivity contribution is 5.87. The van der Waals surface area contributed by atoms with Crippen molar-refractivity contribution in [2.24, 2.45) is 0 Å². The Morgan fingerprint density at radius 2 is 1.81 bits per heavy atom. The van der Waals surface area contributed by atoms with Gasteiger partial charge >= 0.3 is 18.1 Å². The molecule has 0 spiro atoms. The number of benzene rings is 1.